The Hall–Kier alpha value is 0.126. The summed E-state index contributed by atoms with van der Waals surface area (Å²) in [6.45, 7) is 3.37. The SMILES string of the molecule is Cc1c(O)ccc(C(=O)O)c1C.[KH]. The average molecular weight is 206 g/mol. The van der Waals surface area contributed by atoms with Crippen LogP contribution in [0.25, 0.3) is 0 Å². The molecule has 2 N–H and O–H groups in total. The van der Waals surface area contributed by atoms with Gasteiger partial charge < -0.3 is 10.2 Å². The van der Waals surface area contributed by atoms with Gasteiger partial charge in [-0.3, -0.25) is 0 Å². The fourth-order valence-electron chi connectivity index (χ4n) is 1.04. The number of carbonyl (C=O) groups is 1. The number of hydrogen-bond donors (Lipinski definition) is 2. The van der Waals surface area contributed by atoms with Crippen molar-refractivity contribution in [2.24, 2.45) is 0 Å². The minimum absolute atomic E-state index is 0. The van der Waals surface area contributed by atoms with E-state index in [4.69, 9.17) is 5.11 Å². The van der Waals surface area contributed by atoms with Crippen LogP contribution in [0.1, 0.15) is 21.5 Å². The van der Waals surface area contributed by atoms with Gasteiger partial charge in [0.15, 0.2) is 0 Å². The number of carboxylic acid groups (broad SMARTS) is 1. The van der Waals surface area contributed by atoms with Gasteiger partial charge in [-0.15, -0.1) is 0 Å². The number of rotatable bonds is 1. The molecule has 0 atom stereocenters. The van der Waals surface area contributed by atoms with Gasteiger partial charge in [0.25, 0.3) is 0 Å². The predicted octanol–water partition coefficient (Wildman–Crippen LogP) is 1.06. The van der Waals surface area contributed by atoms with E-state index < -0.39 is 5.97 Å². The van der Waals surface area contributed by atoms with Gasteiger partial charge in [-0.05, 0) is 37.1 Å². The van der Waals surface area contributed by atoms with Crippen molar-refractivity contribution in [3.05, 3.63) is 28.8 Å². The fraction of sp³-hybridized carbons (Fsp3) is 0.222. The number of phenolic OH excluding ortho intramolecular Hbond substituents is 1. The first-order valence-electron chi connectivity index (χ1n) is 3.56. The molecule has 0 saturated carbocycles. The first-order chi connectivity index (χ1) is 5.54. The van der Waals surface area contributed by atoms with E-state index in [-0.39, 0.29) is 62.7 Å². The van der Waals surface area contributed by atoms with Crippen LogP contribution in [-0.2, 0) is 0 Å². The van der Waals surface area contributed by atoms with Gasteiger partial charge in [-0.1, -0.05) is 0 Å². The second-order valence-electron chi connectivity index (χ2n) is 2.69. The molecule has 0 fully saturated rings. The number of aromatic carboxylic acids is 1. The first kappa shape index (κ1) is 13.1. The van der Waals surface area contributed by atoms with Crippen LogP contribution in [0.15, 0.2) is 12.1 Å². The monoisotopic (exact) mass is 206 g/mol. The maximum absolute atomic E-state index is 10.6. The Morgan fingerprint density at radius 1 is 1.23 bits per heavy atom. The number of phenols is 1. The van der Waals surface area contributed by atoms with Gasteiger partial charge in [-0.25, -0.2) is 4.79 Å². The Bertz CT molecular complexity index is 334. The molecule has 0 aromatic heterocycles. The first-order valence-corrected chi connectivity index (χ1v) is 3.56. The molecular formula is C9H11KO3. The quantitative estimate of drug-likeness (QED) is 0.675. The molecule has 0 bridgehead atoms. The van der Waals surface area contributed by atoms with E-state index in [2.05, 4.69) is 0 Å². The molecule has 0 spiro atoms. The van der Waals surface area contributed by atoms with E-state index in [0.717, 1.165) is 0 Å². The molecule has 0 aliphatic rings. The molecule has 0 amide bonds. The molecular weight excluding hydrogens is 195 g/mol. The molecule has 0 unspecified atom stereocenters. The van der Waals surface area contributed by atoms with Crippen LogP contribution in [0.2, 0.25) is 0 Å². The summed E-state index contributed by atoms with van der Waals surface area (Å²) in [5.74, 6) is -0.826. The van der Waals surface area contributed by atoms with E-state index in [1.54, 1.807) is 13.8 Å². The third kappa shape index (κ3) is 2.79. The summed E-state index contributed by atoms with van der Waals surface area (Å²) >= 11 is 0. The van der Waals surface area contributed by atoms with Gasteiger partial charge in [-0.2, -0.15) is 0 Å². The number of benzene rings is 1. The third-order valence-electron chi connectivity index (χ3n) is 1.99. The van der Waals surface area contributed by atoms with Crippen LogP contribution in [0.3, 0.4) is 0 Å². The molecule has 66 valence electrons. The molecule has 3 nitrogen and oxygen atoms in total. The van der Waals surface area contributed by atoms with Crippen LogP contribution in [0.5, 0.6) is 5.75 Å². The molecule has 13 heavy (non-hydrogen) atoms. The Morgan fingerprint density at radius 2 is 1.77 bits per heavy atom. The summed E-state index contributed by atoms with van der Waals surface area (Å²) in [6, 6.07) is 2.80. The molecule has 1 aromatic rings. The summed E-state index contributed by atoms with van der Waals surface area (Å²) in [5.41, 5.74) is 1.47. The van der Waals surface area contributed by atoms with Crippen LogP contribution in [-0.4, -0.2) is 67.6 Å². The molecule has 0 radical (unpaired) electrons. The third-order valence-corrected chi connectivity index (χ3v) is 1.99. The number of hydrogen-bond acceptors (Lipinski definition) is 2. The molecule has 4 heteroatoms. The topological polar surface area (TPSA) is 57.5 Å². The number of aromatic hydroxyl groups is 1. The average Bonchev–Trinajstić information content (AvgIpc) is 2.00. The second-order valence-corrected chi connectivity index (χ2v) is 2.69. The molecule has 0 aliphatic carbocycles. The standard InChI is InChI=1S/C9H10O3.K.H/c1-5-6(2)8(10)4-3-7(5)9(11)12;;/h3-4,10H,1-2H3,(H,11,12);;. The normalized spacial score (nSPS) is 9.08. The zero-order chi connectivity index (χ0) is 9.30. The minimum atomic E-state index is -0.962. The van der Waals surface area contributed by atoms with Crippen molar-refractivity contribution in [3.8, 4) is 5.75 Å². The Kier molecular flexibility index (Phi) is 5.17. The summed E-state index contributed by atoms with van der Waals surface area (Å²) < 4.78 is 0. The summed E-state index contributed by atoms with van der Waals surface area (Å²) in [7, 11) is 0. The summed E-state index contributed by atoms with van der Waals surface area (Å²) in [4.78, 5) is 10.6. The van der Waals surface area contributed by atoms with Gasteiger partial charge >= 0.3 is 57.4 Å². The van der Waals surface area contributed by atoms with Crippen molar-refractivity contribution in [3.63, 3.8) is 0 Å². The molecule has 1 aromatic carbocycles. The Morgan fingerprint density at radius 3 is 2.23 bits per heavy atom. The van der Waals surface area contributed by atoms with Crippen LogP contribution in [0, 0.1) is 13.8 Å². The summed E-state index contributed by atoms with van der Waals surface area (Å²) in [5, 5.41) is 17.9. The van der Waals surface area contributed by atoms with Gasteiger partial charge in [0.05, 0.1) is 5.56 Å². The zero-order valence-corrected chi connectivity index (χ0v) is 6.96. The van der Waals surface area contributed by atoms with Crippen molar-refractivity contribution in [2.45, 2.75) is 13.8 Å². The fourth-order valence-corrected chi connectivity index (χ4v) is 1.04. The second kappa shape index (κ2) is 5.12. The van der Waals surface area contributed by atoms with E-state index in [1.807, 2.05) is 0 Å². The maximum atomic E-state index is 10.6. The Labute approximate surface area is 119 Å². The Balaban J connectivity index is 0.00000144. The van der Waals surface area contributed by atoms with Crippen molar-refractivity contribution in [2.75, 3.05) is 0 Å². The van der Waals surface area contributed by atoms with Crippen molar-refractivity contribution >= 4 is 57.4 Å². The molecule has 0 saturated heterocycles. The van der Waals surface area contributed by atoms with E-state index >= 15 is 0 Å². The molecule has 1 rings (SSSR count). The summed E-state index contributed by atoms with van der Waals surface area (Å²) in [6.07, 6.45) is 0. The molecule has 0 aliphatic heterocycles. The van der Waals surface area contributed by atoms with Gasteiger partial charge in [0.2, 0.25) is 0 Å². The van der Waals surface area contributed by atoms with Gasteiger partial charge in [0.1, 0.15) is 5.75 Å². The van der Waals surface area contributed by atoms with Crippen LogP contribution in [0.4, 0.5) is 0 Å². The van der Waals surface area contributed by atoms with E-state index in [9.17, 15) is 9.90 Å². The van der Waals surface area contributed by atoms with E-state index in [0.29, 0.717) is 11.1 Å². The van der Waals surface area contributed by atoms with E-state index in [1.165, 1.54) is 12.1 Å². The van der Waals surface area contributed by atoms with Crippen LogP contribution >= 0.6 is 0 Å². The van der Waals surface area contributed by atoms with Crippen LogP contribution < -0.4 is 0 Å². The predicted molar refractivity (Wildman–Crippen MR) is 51.7 cm³/mol. The van der Waals surface area contributed by atoms with Gasteiger partial charge in [0, 0.05) is 0 Å². The zero-order valence-electron chi connectivity index (χ0n) is 6.96. The van der Waals surface area contributed by atoms with Crippen molar-refractivity contribution < 1.29 is 15.0 Å². The van der Waals surface area contributed by atoms with Crippen molar-refractivity contribution in [1.82, 2.24) is 0 Å². The van der Waals surface area contributed by atoms with Crippen molar-refractivity contribution in [1.29, 1.82) is 0 Å². The molecule has 0 heterocycles. The number of carboxylic acids is 1.